The summed E-state index contributed by atoms with van der Waals surface area (Å²) in [6, 6.07) is 3.88. The molecule has 0 fully saturated rings. The molecule has 3 nitrogen and oxygen atoms in total. The van der Waals surface area contributed by atoms with Gasteiger partial charge in [0.25, 0.3) is 0 Å². The van der Waals surface area contributed by atoms with Gasteiger partial charge in [0, 0.05) is 6.54 Å². The van der Waals surface area contributed by atoms with Crippen molar-refractivity contribution in [2.75, 3.05) is 12.3 Å². The molecule has 0 aliphatic heterocycles. The van der Waals surface area contributed by atoms with Crippen molar-refractivity contribution in [2.24, 2.45) is 11.7 Å². The fraction of sp³-hybridized carbons (Fsp3) is 0.400. The Morgan fingerprint density at radius 1 is 1.21 bits per heavy atom. The number of nitrogens with two attached hydrogens (primary N) is 1. The molecular weight excluding hydrogens is 326 g/mol. The minimum absolute atomic E-state index is 0.217. The number of alkyl halides is 3. The van der Waals surface area contributed by atoms with Gasteiger partial charge in [-0.15, -0.1) is 0 Å². The summed E-state index contributed by atoms with van der Waals surface area (Å²) < 4.78 is 61.6. The number of halogens is 5. The van der Waals surface area contributed by atoms with Crippen molar-refractivity contribution < 1.29 is 21.6 Å². The summed E-state index contributed by atoms with van der Waals surface area (Å²) in [5.41, 5.74) is 4.97. The first-order valence-corrected chi connectivity index (χ1v) is 7.44. The molecule has 0 amide bonds. The summed E-state index contributed by atoms with van der Waals surface area (Å²) in [6.45, 7) is -0.829. The highest BCUT2D eigenvalue weighted by molar-refractivity contribution is 7.91. The van der Waals surface area contributed by atoms with E-state index in [9.17, 15) is 21.6 Å². The maximum atomic E-state index is 12.6. The summed E-state index contributed by atoms with van der Waals surface area (Å²) in [6.07, 6.45) is -4.70. The number of benzene rings is 1. The third kappa shape index (κ3) is 3.98. The second kappa shape index (κ2) is 5.87. The van der Waals surface area contributed by atoms with E-state index in [1.54, 1.807) is 0 Å². The number of hydrogen-bond donors (Lipinski definition) is 1. The van der Waals surface area contributed by atoms with Gasteiger partial charge in [0.1, 0.15) is 4.90 Å². The highest BCUT2D eigenvalue weighted by atomic mass is 35.5. The van der Waals surface area contributed by atoms with Crippen LogP contribution in [-0.2, 0) is 9.84 Å². The summed E-state index contributed by atoms with van der Waals surface area (Å²) in [4.78, 5) is -0.499. The van der Waals surface area contributed by atoms with Gasteiger partial charge in [-0.2, -0.15) is 13.2 Å². The van der Waals surface area contributed by atoms with Gasteiger partial charge in [0.05, 0.1) is 21.7 Å². The Hall–Kier alpha value is -0.500. The quantitative estimate of drug-likeness (QED) is 0.920. The van der Waals surface area contributed by atoms with Crippen LogP contribution in [0, 0.1) is 5.92 Å². The van der Waals surface area contributed by atoms with Crippen LogP contribution in [0.15, 0.2) is 23.1 Å². The molecule has 1 rings (SSSR count). The fourth-order valence-electron chi connectivity index (χ4n) is 1.42. The number of hydrogen-bond acceptors (Lipinski definition) is 3. The van der Waals surface area contributed by atoms with Gasteiger partial charge >= 0.3 is 6.18 Å². The van der Waals surface area contributed by atoms with Crippen molar-refractivity contribution >= 4 is 33.0 Å². The van der Waals surface area contributed by atoms with Crippen molar-refractivity contribution in [2.45, 2.75) is 11.1 Å². The first-order chi connectivity index (χ1) is 8.59. The summed E-state index contributed by atoms with van der Waals surface area (Å²) in [5, 5.41) is -0.434. The molecule has 1 aromatic carbocycles. The summed E-state index contributed by atoms with van der Waals surface area (Å²) in [7, 11) is -4.28. The van der Waals surface area contributed by atoms with Crippen LogP contribution >= 0.6 is 23.2 Å². The van der Waals surface area contributed by atoms with Gasteiger partial charge in [-0.1, -0.05) is 29.3 Å². The third-order valence-electron chi connectivity index (χ3n) is 2.40. The van der Waals surface area contributed by atoms with E-state index in [-0.39, 0.29) is 10.0 Å². The zero-order chi connectivity index (χ0) is 14.8. The topological polar surface area (TPSA) is 60.2 Å². The van der Waals surface area contributed by atoms with Crippen molar-refractivity contribution in [3.63, 3.8) is 0 Å². The molecule has 0 saturated heterocycles. The molecule has 0 saturated carbocycles. The molecule has 0 aromatic heterocycles. The Bertz CT molecular complexity index is 540. The minimum atomic E-state index is -4.70. The van der Waals surface area contributed by atoms with E-state index in [4.69, 9.17) is 28.9 Å². The molecule has 0 spiro atoms. The first kappa shape index (κ1) is 16.6. The molecular formula is C10H10Cl2F3NO2S. The SMILES string of the molecule is NCC(CS(=O)(=O)c1c(Cl)cccc1Cl)C(F)(F)F. The molecule has 0 aliphatic carbocycles. The van der Waals surface area contributed by atoms with E-state index in [1.807, 2.05) is 0 Å². The Morgan fingerprint density at radius 2 is 1.68 bits per heavy atom. The van der Waals surface area contributed by atoms with Crippen LogP contribution in [-0.4, -0.2) is 26.9 Å². The Morgan fingerprint density at radius 3 is 2.05 bits per heavy atom. The van der Waals surface area contributed by atoms with Gasteiger partial charge in [-0.25, -0.2) is 8.42 Å². The predicted octanol–water partition coefficient (Wildman–Crippen LogP) is 2.90. The van der Waals surface area contributed by atoms with Gasteiger partial charge in [-0.05, 0) is 12.1 Å². The fourth-order valence-corrected chi connectivity index (χ4v) is 4.28. The molecule has 0 aliphatic rings. The van der Waals surface area contributed by atoms with Crippen molar-refractivity contribution in [1.82, 2.24) is 0 Å². The lowest BCUT2D eigenvalue weighted by Gasteiger charge is -2.19. The van der Waals surface area contributed by atoms with Crippen LogP contribution in [0.5, 0.6) is 0 Å². The number of sulfone groups is 1. The van der Waals surface area contributed by atoms with E-state index >= 15 is 0 Å². The molecule has 0 radical (unpaired) electrons. The van der Waals surface area contributed by atoms with Gasteiger partial charge in [0.15, 0.2) is 9.84 Å². The zero-order valence-electron chi connectivity index (χ0n) is 9.42. The molecule has 0 heterocycles. The summed E-state index contributed by atoms with van der Waals surface area (Å²) in [5.74, 6) is -3.35. The highest BCUT2D eigenvalue weighted by Crippen LogP contribution is 2.33. The van der Waals surface area contributed by atoms with Gasteiger partial charge in [0.2, 0.25) is 0 Å². The first-order valence-electron chi connectivity index (χ1n) is 5.03. The second-order valence-electron chi connectivity index (χ2n) is 3.81. The van der Waals surface area contributed by atoms with E-state index in [0.717, 1.165) is 0 Å². The average Bonchev–Trinajstić information content (AvgIpc) is 2.23. The lowest BCUT2D eigenvalue weighted by molar-refractivity contribution is -0.165. The standard InChI is InChI=1S/C10H10Cl2F3NO2S/c11-7-2-1-3-8(12)9(7)19(17,18)5-6(4-16)10(13,14)15/h1-3,6H,4-5,16H2. The molecule has 2 N–H and O–H groups in total. The molecule has 9 heteroatoms. The van der Waals surface area contributed by atoms with Crippen LogP contribution in [0.1, 0.15) is 0 Å². The van der Waals surface area contributed by atoms with Gasteiger partial charge in [-0.3, -0.25) is 0 Å². The molecule has 19 heavy (non-hydrogen) atoms. The van der Waals surface area contributed by atoms with E-state index in [0.29, 0.717) is 0 Å². The zero-order valence-corrected chi connectivity index (χ0v) is 11.7. The Balaban J connectivity index is 3.19. The minimum Gasteiger partial charge on any atom is -0.330 e. The smallest absolute Gasteiger partial charge is 0.330 e. The predicted molar refractivity (Wildman–Crippen MR) is 67.1 cm³/mol. The molecule has 1 aromatic rings. The van der Waals surface area contributed by atoms with E-state index in [1.165, 1.54) is 18.2 Å². The normalized spacial score (nSPS) is 14.4. The Labute approximate surface area is 118 Å². The third-order valence-corrected chi connectivity index (χ3v) is 5.16. The Kier molecular flexibility index (Phi) is 5.11. The maximum absolute atomic E-state index is 12.6. The van der Waals surface area contributed by atoms with Crippen molar-refractivity contribution in [1.29, 1.82) is 0 Å². The molecule has 1 unspecified atom stereocenters. The second-order valence-corrected chi connectivity index (χ2v) is 6.59. The van der Waals surface area contributed by atoms with Crippen LogP contribution in [0.2, 0.25) is 10.0 Å². The number of rotatable bonds is 4. The van der Waals surface area contributed by atoms with Crippen LogP contribution in [0.4, 0.5) is 13.2 Å². The van der Waals surface area contributed by atoms with Crippen molar-refractivity contribution in [3.8, 4) is 0 Å². The molecule has 108 valence electrons. The summed E-state index contributed by atoms with van der Waals surface area (Å²) >= 11 is 11.4. The van der Waals surface area contributed by atoms with E-state index < -0.39 is 39.1 Å². The van der Waals surface area contributed by atoms with Crippen LogP contribution in [0.25, 0.3) is 0 Å². The van der Waals surface area contributed by atoms with Crippen LogP contribution < -0.4 is 5.73 Å². The van der Waals surface area contributed by atoms with Gasteiger partial charge < -0.3 is 5.73 Å². The van der Waals surface area contributed by atoms with Crippen LogP contribution in [0.3, 0.4) is 0 Å². The maximum Gasteiger partial charge on any atom is 0.394 e. The van der Waals surface area contributed by atoms with E-state index in [2.05, 4.69) is 0 Å². The largest absolute Gasteiger partial charge is 0.394 e. The highest BCUT2D eigenvalue weighted by Gasteiger charge is 2.42. The molecule has 0 bridgehead atoms. The molecule has 1 atom stereocenters. The monoisotopic (exact) mass is 335 g/mol. The van der Waals surface area contributed by atoms with Crippen molar-refractivity contribution in [3.05, 3.63) is 28.2 Å². The lowest BCUT2D eigenvalue weighted by Crippen LogP contribution is -2.36. The average molecular weight is 336 g/mol. The lowest BCUT2D eigenvalue weighted by atomic mass is 10.2.